The fraction of sp³-hybridized carbons (Fsp3) is 0.357. The number of amides is 1. The van der Waals surface area contributed by atoms with Crippen LogP contribution < -0.4 is 10.6 Å². The van der Waals surface area contributed by atoms with Gasteiger partial charge >= 0.3 is 0 Å². The van der Waals surface area contributed by atoms with Crippen LogP contribution in [0.4, 0.5) is 0 Å². The highest BCUT2D eigenvalue weighted by atomic mass is 16.6. The summed E-state index contributed by atoms with van der Waals surface area (Å²) in [5, 5.41) is 5.73. The lowest BCUT2D eigenvalue weighted by atomic mass is 9.96. The van der Waals surface area contributed by atoms with Gasteiger partial charge in [0.25, 0.3) is 5.91 Å². The molecular weight excluding hydrogens is 244 g/mol. The first kappa shape index (κ1) is 12.2. The van der Waals surface area contributed by atoms with Crippen molar-refractivity contribution in [3.05, 3.63) is 48.3 Å². The summed E-state index contributed by atoms with van der Waals surface area (Å²) < 4.78 is 11.3. The van der Waals surface area contributed by atoms with Gasteiger partial charge in [-0.15, -0.1) is 0 Å². The van der Waals surface area contributed by atoms with E-state index in [4.69, 9.17) is 9.47 Å². The Morgan fingerprint density at radius 1 is 1.42 bits per heavy atom. The summed E-state index contributed by atoms with van der Waals surface area (Å²) in [6, 6.07) is 9.86. The molecule has 5 heteroatoms. The number of hydrogen-bond acceptors (Lipinski definition) is 4. The molecule has 2 N–H and O–H groups in total. The van der Waals surface area contributed by atoms with Crippen LogP contribution in [0.1, 0.15) is 5.56 Å². The lowest BCUT2D eigenvalue weighted by Gasteiger charge is -2.26. The van der Waals surface area contributed by atoms with Crippen molar-refractivity contribution in [2.24, 2.45) is 0 Å². The van der Waals surface area contributed by atoms with Crippen molar-refractivity contribution in [1.29, 1.82) is 0 Å². The van der Waals surface area contributed by atoms with Gasteiger partial charge in [0, 0.05) is 0 Å². The predicted octanol–water partition coefficient (Wildman–Crippen LogP) is 0.531. The Bertz CT molecular complexity index is 503. The maximum absolute atomic E-state index is 12.0. The molecule has 1 aromatic carbocycles. The quantitative estimate of drug-likeness (QED) is 0.832. The molecule has 0 radical (unpaired) electrons. The van der Waals surface area contributed by atoms with E-state index in [2.05, 4.69) is 17.2 Å². The summed E-state index contributed by atoms with van der Waals surface area (Å²) in [5.74, 6) is 0.372. The number of ether oxygens (including phenoxy) is 2. The SMILES string of the molecule is C=C1NC(=O)[C@]2(COC[C@@H]2OCc2ccccc2)N1. The molecule has 1 aromatic rings. The Morgan fingerprint density at radius 3 is 2.89 bits per heavy atom. The number of carbonyl (C=O) groups is 1. The third-order valence-corrected chi connectivity index (χ3v) is 3.49. The van der Waals surface area contributed by atoms with E-state index >= 15 is 0 Å². The van der Waals surface area contributed by atoms with Crippen LogP contribution in [0.2, 0.25) is 0 Å². The first-order valence-electron chi connectivity index (χ1n) is 6.22. The summed E-state index contributed by atoms with van der Waals surface area (Å²) in [5.41, 5.74) is 0.244. The third-order valence-electron chi connectivity index (χ3n) is 3.49. The summed E-state index contributed by atoms with van der Waals surface area (Å²) >= 11 is 0. The van der Waals surface area contributed by atoms with Crippen molar-refractivity contribution in [2.45, 2.75) is 18.2 Å². The average molecular weight is 260 g/mol. The molecule has 0 aliphatic carbocycles. The first-order chi connectivity index (χ1) is 9.21. The molecule has 0 unspecified atom stereocenters. The molecule has 2 saturated heterocycles. The molecule has 2 fully saturated rings. The molecule has 19 heavy (non-hydrogen) atoms. The first-order valence-corrected chi connectivity index (χ1v) is 6.22. The molecule has 100 valence electrons. The molecule has 2 heterocycles. The molecule has 1 amide bonds. The Kier molecular flexibility index (Phi) is 3.00. The molecule has 2 atom stereocenters. The van der Waals surface area contributed by atoms with Crippen LogP contribution in [0.5, 0.6) is 0 Å². The Hall–Kier alpha value is -1.85. The fourth-order valence-electron chi connectivity index (χ4n) is 2.46. The number of nitrogens with one attached hydrogen (secondary N) is 2. The van der Waals surface area contributed by atoms with Crippen LogP contribution in [-0.2, 0) is 20.9 Å². The van der Waals surface area contributed by atoms with Crippen molar-refractivity contribution in [1.82, 2.24) is 10.6 Å². The highest BCUT2D eigenvalue weighted by Gasteiger charge is 2.55. The van der Waals surface area contributed by atoms with Crippen molar-refractivity contribution < 1.29 is 14.3 Å². The Labute approximate surface area is 111 Å². The van der Waals surface area contributed by atoms with Crippen LogP contribution in [0.15, 0.2) is 42.7 Å². The van der Waals surface area contributed by atoms with Crippen LogP contribution in [0.25, 0.3) is 0 Å². The topological polar surface area (TPSA) is 59.6 Å². The van der Waals surface area contributed by atoms with E-state index in [-0.39, 0.29) is 12.0 Å². The largest absolute Gasteiger partial charge is 0.376 e. The second kappa shape index (κ2) is 4.68. The predicted molar refractivity (Wildman–Crippen MR) is 69.0 cm³/mol. The van der Waals surface area contributed by atoms with Crippen LogP contribution >= 0.6 is 0 Å². The van der Waals surface area contributed by atoms with E-state index in [1.807, 2.05) is 30.3 Å². The fourth-order valence-corrected chi connectivity index (χ4v) is 2.46. The smallest absolute Gasteiger partial charge is 0.256 e. The Balaban J connectivity index is 1.71. The highest BCUT2D eigenvalue weighted by molar-refractivity contribution is 5.92. The second-order valence-electron chi connectivity index (χ2n) is 4.83. The van der Waals surface area contributed by atoms with Crippen LogP contribution in [0.3, 0.4) is 0 Å². The van der Waals surface area contributed by atoms with Crippen molar-refractivity contribution in [2.75, 3.05) is 13.2 Å². The molecule has 2 aliphatic heterocycles. The Morgan fingerprint density at radius 2 is 2.21 bits per heavy atom. The zero-order valence-corrected chi connectivity index (χ0v) is 10.5. The van der Waals surface area contributed by atoms with Crippen molar-refractivity contribution >= 4 is 5.91 Å². The van der Waals surface area contributed by atoms with E-state index < -0.39 is 5.54 Å². The van der Waals surface area contributed by atoms with Gasteiger partial charge in [0.15, 0.2) is 5.54 Å². The van der Waals surface area contributed by atoms with E-state index in [0.29, 0.717) is 25.6 Å². The zero-order chi connectivity index (χ0) is 13.3. The van der Waals surface area contributed by atoms with Gasteiger partial charge in [0.2, 0.25) is 0 Å². The number of carbonyl (C=O) groups excluding carboxylic acids is 1. The minimum Gasteiger partial charge on any atom is -0.376 e. The normalized spacial score (nSPS) is 29.6. The molecule has 1 spiro atoms. The van der Waals surface area contributed by atoms with Crippen LogP contribution in [-0.4, -0.2) is 30.8 Å². The van der Waals surface area contributed by atoms with Crippen molar-refractivity contribution in [3.8, 4) is 0 Å². The van der Waals surface area contributed by atoms with Gasteiger partial charge in [-0.3, -0.25) is 4.79 Å². The molecule has 3 rings (SSSR count). The summed E-state index contributed by atoms with van der Waals surface area (Å²) in [7, 11) is 0. The van der Waals surface area contributed by atoms with Crippen LogP contribution in [0, 0.1) is 0 Å². The van der Waals surface area contributed by atoms with E-state index in [9.17, 15) is 4.79 Å². The van der Waals surface area contributed by atoms with E-state index in [0.717, 1.165) is 5.56 Å². The van der Waals surface area contributed by atoms with Gasteiger partial charge in [-0.2, -0.15) is 0 Å². The molecule has 0 saturated carbocycles. The standard InChI is InChI=1S/C14H16N2O3/c1-10-15-13(17)14(16-10)9-18-8-12(14)19-7-11-5-3-2-4-6-11/h2-6,12,16H,1,7-9H2,(H,15,17)/t12-,14+/m0/s1. The third kappa shape index (κ3) is 2.11. The van der Waals surface area contributed by atoms with Gasteiger partial charge in [0.1, 0.15) is 6.10 Å². The number of benzene rings is 1. The van der Waals surface area contributed by atoms with Gasteiger partial charge in [-0.1, -0.05) is 36.9 Å². The molecular formula is C14H16N2O3. The van der Waals surface area contributed by atoms with E-state index in [1.165, 1.54) is 0 Å². The zero-order valence-electron chi connectivity index (χ0n) is 10.5. The summed E-state index contributed by atoms with van der Waals surface area (Å²) in [4.78, 5) is 12.0. The van der Waals surface area contributed by atoms with Gasteiger partial charge in [-0.05, 0) is 5.56 Å². The number of hydrogen-bond donors (Lipinski definition) is 2. The lowest BCUT2D eigenvalue weighted by molar-refractivity contribution is -0.128. The average Bonchev–Trinajstić information content (AvgIpc) is 2.93. The highest BCUT2D eigenvalue weighted by Crippen LogP contribution is 2.27. The van der Waals surface area contributed by atoms with Gasteiger partial charge in [-0.25, -0.2) is 0 Å². The maximum Gasteiger partial charge on any atom is 0.256 e. The second-order valence-corrected chi connectivity index (χ2v) is 4.83. The minimum atomic E-state index is -0.828. The minimum absolute atomic E-state index is 0.131. The summed E-state index contributed by atoms with van der Waals surface area (Å²) in [6.45, 7) is 4.88. The van der Waals surface area contributed by atoms with Gasteiger partial charge in [0.05, 0.1) is 25.6 Å². The molecule has 5 nitrogen and oxygen atoms in total. The number of rotatable bonds is 3. The monoisotopic (exact) mass is 260 g/mol. The lowest BCUT2D eigenvalue weighted by Crippen LogP contribution is -2.56. The molecule has 2 aliphatic rings. The molecule has 0 bridgehead atoms. The van der Waals surface area contributed by atoms with Gasteiger partial charge < -0.3 is 20.1 Å². The molecule has 0 aromatic heterocycles. The van der Waals surface area contributed by atoms with Crippen molar-refractivity contribution in [3.63, 3.8) is 0 Å². The van der Waals surface area contributed by atoms with E-state index in [1.54, 1.807) is 0 Å². The summed E-state index contributed by atoms with van der Waals surface area (Å²) in [6.07, 6.45) is -0.313. The maximum atomic E-state index is 12.0.